The van der Waals surface area contributed by atoms with Crippen molar-refractivity contribution in [2.45, 2.75) is 24.8 Å². The molecule has 0 aliphatic rings. The zero-order chi connectivity index (χ0) is 13.8. The third-order valence-electron chi connectivity index (χ3n) is 2.78. The van der Waals surface area contributed by atoms with Gasteiger partial charge in [-0.25, -0.2) is 0 Å². The van der Waals surface area contributed by atoms with Crippen molar-refractivity contribution in [2.24, 2.45) is 0 Å². The second kappa shape index (κ2) is 6.42. The van der Waals surface area contributed by atoms with E-state index in [1.54, 1.807) is 18.0 Å². The second-order valence-electron chi connectivity index (χ2n) is 4.50. The Kier molecular flexibility index (Phi) is 4.86. The van der Waals surface area contributed by atoms with Gasteiger partial charge in [0, 0.05) is 21.9 Å². The first-order valence-electron chi connectivity index (χ1n) is 6.06. The molecule has 19 heavy (non-hydrogen) atoms. The van der Waals surface area contributed by atoms with E-state index in [0.29, 0.717) is 10.8 Å². The van der Waals surface area contributed by atoms with E-state index in [4.69, 9.17) is 11.6 Å². The molecule has 4 heteroatoms. The van der Waals surface area contributed by atoms with E-state index < -0.39 is 6.10 Å². The number of aliphatic hydroxyl groups is 1. The van der Waals surface area contributed by atoms with Gasteiger partial charge in [0.15, 0.2) is 0 Å². The molecule has 1 N–H and O–H groups in total. The summed E-state index contributed by atoms with van der Waals surface area (Å²) in [6, 6.07) is 9.67. The van der Waals surface area contributed by atoms with Gasteiger partial charge in [0.2, 0.25) is 0 Å². The summed E-state index contributed by atoms with van der Waals surface area (Å²) < 4.78 is 0. The Bertz CT molecular complexity index is 574. The van der Waals surface area contributed by atoms with Crippen molar-refractivity contribution in [3.63, 3.8) is 0 Å². The first-order valence-corrected chi connectivity index (χ1v) is 7.42. The van der Waals surface area contributed by atoms with Crippen molar-refractivity contribution >= 4 is 23.4 Å². The lowest BCUT2D eigenvalue weighted by molar-refractivity contribution is 0.198. The first kappa shape index (κ1) is 14.4. The summed E-state index contributed by atoms with van der Waals surface area (Å²) in [4.78, 5) is 5.37. The molecule has 0 aliphatic heterocycles. The summed E-state index contributed by atoms with van der Waals surface area (Å²) in [5.41, 5.74) is 2.88. The zero-order valence-electron chi connectivity index (χ0n) is 10.9. The average Bonchev–Trinajstić information content (AvgIpc) is 2.36. The number of hydrogen-bond acceptors (Lipinski definition) is 3. The number of rotatable bonds is 4. The first-order chi connectivity index (χ1) is 9.06. The van der Waals surface area contributed by atoms with Crippen LogP contribution in [0.2, 0.25) is 5.02 Å². The molecule has 0 spiro atoms. The minimum atomic E-state index is -0.565. The number of aryl methyl sites for hydroxylation is 2. The maximum absolute atomic E-state index is 10.2. The summed E-state index contributed by atoms with van der Waals surface area (Å²) in [6.07, 6.45) is 1.22. The molecular weight excluding hydrogens is 278 g/mol. The van der Waals surface area contributed by atoms with Crippen LogP contribution in [-0.2, 0) is 0 Å². The Balaban J connectivity index is 2.03. The van der Waals surface area contributed by atoms with Crippen LogP contribution in [0.4, 0.5) is 0 Å². The fourth-order valence-corrected chi connectivity index (χ4v) is 3.03. The van der Waals surface area contributed by atoms with E-state index in [1.807, 2.05) is 44.2 Å². The molecule has 2 rings (SSSR count). The molecule has 0 aliphatic carbocycles. The summed E-state index contributed by atoms with van der Waals surface area (Å²) in [7, 11) is 0. The van der Waals surface area contributed by atoms with Gasteiger partial charge >= 0.3 is 0 Å². The molecule has 2 nitrogen and oxygen atoms in total. The maximum atomic E-state index is 10.2. The molecule has 0 bridgehead atoms. The van der Waals surface area contributed by atoms with Crippen LogP contribution in [0.5, 0.6) is 0 Å². The normalized spacial score (nSPS) is 12.4. The topological polar surface area (TPSA) is 33.1 Å². The highest BCUT2D eigenvalue weighted by molar-refractivity contribution is 7.99. The monoisotopic (exact) mass is 293 g/mol. The van der Waals surface area contributed by atoms with Crippen molar-refractivity contribution in [1.82, 2.24) is 4.98 Å². The van der Waals surface area contributed by atoms with Crippen LogP contribution in [0.1, 0.15) is 22.9 Å². The number of aliphatic hydroxyl groups excluding tert-OH is 1. The van der Waals surface area contributed by atoms with Gasteiger partial charge in [0.1, 0.15) is 6.10 Å². The molecular formula is C15H16ClNOS. The predicted octanol–water partition coefficient (Wildman–Crippen LogP) is 4.18. The molecule has 1 aromatic heterocycles. The average molecular weight is 294 g/mol. The fraction of sp³-hybridized carbons (Fsp3) is 0.267. The Morgan fingerprint density at radius 1 is 1.32 bits per heavy atom. The van der Waals surface area contributed by atoms with Gasteiger partial charge in [0.25, 0.3) is 0 Å². The molecule has 1 unspecified atom stereocenters. The van der Waals surface area contributed by atoms with E-state index in [9.17, 15) is 5.11 Å². The highest BCUT2D eigenvalue weighted by Gasteiger charge is 2.12. The van der Waals surface area contributed by atoms with E-state index in [2.05, 4.69) is 4.98 Å². The highest BCUT2D eigenvalue weighted by atomic mass is 35.5. The quantitative estimate of drug-likeness (QED) is 0.859. The molecule has 2 aromatic rings. The van der Waals surface area contributed by atoms with Crippen LogP contribution >= 0.6 is 23.4 Å². The molecule has 0 saturated heterocycles. The molecule has 1 aromatic carbocycles. The molecule has 1 atom stereocenters. The van der Waals surface area contributed by atoms with E-state index in [1.165, 1.54) is 0 Å². The smallest absolute Gasteiger partial charge is 0.106 e. The second-order valence-corrected chi connectivity index (χ2v) is 6.03. The molecule has 0 radical (unpaired) electrons. The number of benzene rings is 1. The van der Waals surface area contributed by atoms with Gasteiger partial charge in [-0.05, 0) is 43.2 Å². The minimum Gasteiger partial charge on any atom is -0.386 e. The minimum absolute atomic E-state index is 0.565. The number of aromatic nitrogens is 1. The number of hydrogen-bond donors (Lipinski definition) is 1. The van der Waals surface area contributed by atoms with Crippen LogP contribution in [-0.4, -0.2) is 15.8 Å². The van der Waals surface area contributed by atoms with Crippen molar-refractivity contribution < 1.29 is 5.11 Å². The third-order valence-corrected chi connectivity index (χ3v) is 4.08. The molecule has 0 saturated carbocycles. The van der Waals surface area contributed by atoms with Crippen LogP contribution in [0.3, 0.4) is 0 Å². The Morgan fingerprint density at radius 3 is 2.79 bits per heavy atom. The number of pyridine rings is 1. The maximum Gasteiger partial charge on any atom is 0.106 e. The lowest BCUT2D eigenvalue weighted by Crippen LogP contribution is -2.06. The third kappa shape index (κ3) is 3.96. The Hall–Kier alpha value is -1.03. The summed E-state index contributed by atoms with van der Waals surface area (Å²) in [6.45, 7) is 3.97. The van der Waals surface area contributed by atoms with Gasteiger partial charge in [0.05, 0.1) is 5.69 Å². The van der Waals surface area contributed by atoms with Gasteiger partial charge in [-0.1, -0.05) is 23.7 Å². The highest BCUT2D eigenvalue weighted by Crippen LogP contribution is 2.27. The van der Waals surface area contributed by atoms with Crippen LogP contribution in [0.25, 0.3) is 0 Å². The van der Waals surface area contributed by atoms with Crippen LogP contribution < -0.4 is 0 Å². The van der Waals surface area contributed by atoms with Gasteiger partial charge in [-0.2, -0.15) is 0 Å². The fourth-order valence-electron chi connectivity index (χ4n) is 1.89. The Labute approximate surface area is 122 Å². The van der Waals surface area contributed by atoms with Crippen LogP contribution in [0, 0.1) is 13.8 Å². The molecule has 0 amide bonds. The number of nitrogens with zero attached hydrogens (tertiary/aromatic N) is 1. The predicted molar refractivity (Wildman–Crippen MR) is 80.8 cm³/mol. The number of halogens is 1. The lowest BCUT2D eigenvalue weighted by Gasteiger charge is -2.13. The van der Waals surface area contributed by atoms with Gasteiger partial charge < -0.3 is 5.11 Å². The van der Waals surface area contributed by atoms with Gasteiger partial charge in [-0.15, -0.1) is 11.8 Å². The van der Waals surface area contributed by atoms with E-state index in [-0.39, 0.29) is 0 Å². The van der Waals surface area contributed by atoms with Gasteiger partial charge in [-0.3, -0.25) is 4.98 Å². The summed E-state index contributed by atoms with van der Waals surface area (Å²) in [5.74, 6) is 0.567. The largest absolute Gasteiger partial charge is 0.386 e. The molecule has 1 heterocycles. The lowest BCUT2D eigenvalue weighted by atomic mass is 10.1. The van der Waals surface area contributed by atoms with Crippen LogP contribution in [0.15, 0.2) is 41.4 Å². The number of thioether (sulfide) groups is 1. The van der Waals surface area contributed by atoms with E-state index in [0.717, 1.165) is 21.7 Å². The standard InChI is InChI=1S/C15H16ClNOS/c1-10-6-11(2)15(17-8-10)14(18)9-19-13-5-3-4-12(16)7-13/h3-8,14,18H,9H2,1-2H3. The van der Waals surface area contributed by atoms with Crippen molar-refractivity contribution in [3.05, 3.63) is 58.4 Å². The summed E-state index contributed by atoms with van der Waals surface area (Å²) >= 11 is 7.51. The van der Waals surface area contributed by atoms with Crippen molar-refractivity contribution in [2.75, 3.05) is 5.75 Å². The SMILES string of the molecule is Cc1cnc(C(O)CSc2cccc(Cl)c2)c(C)c1. The Morgan fingerprint density at radius 2 is 2.11 bits per heavy atom. The zero-order valence-corrected chi connectivity index (χ0v) is 12.5. The van der Waals surface area contributed by atoms with Crippen molar-refractivity contribution in [3.8, 4) is 0 Å². The summed E-state index contributed by atoms with van der Waals surface area (Å²) in [5, 5.41) is 10.9. The van der Waals surface area contributed by atoms with Crippen molar-refractivity contribution in [1.29, 1.82) is 0 Å². The molecule has 100 valence electrons. The van der Waals surface area contributed by atoms with E-state index >= 15 is 0 Å². The molecule has 0 fully saturated rings.